The number of rotatable bonds is 1. The first-order valence-corrected chi connectivity index (χ1v) is 4.70. The molecule has 66 valence electrons. The number of nitrogens with zero attached hydrogens (tertiary/aromatic N) is 2. The van der Waals surface area contributed by atoms with Gasteiger partial charge in [-0.05, 0) is 17.7 Å². The fourth-order valence-electron chi connectivity index (χ4n) is 1.17. The molecular formula is C9H8BrN3. The molecule has 1 aromatic rings. The monoisotopic (exact) mass is 237 g/mol. The van der Waals surface area contributed by atoms with E-state index < -0.39 is 0 Å². The van der Waals surface area contributed by atoms with Gasteiger partial charge in [0.15, 0.2) is 0 Å². The number of benzene rings is 1. The van der Waals surface area contributed by atoms with Gasteiger partial charge in [-0.25, -0.2) is 0 Å². The van der Waals surface area contributed by atoms with Crippen LogP contribution in [0.25, 0.3) is 0 Å². The Morgan fingerprint density at radius 1 is 1.15 bits per heavy atom. The van der Waals surface area contributed by atoms with Crippen LogP contribution in [0, 0.1) is 0 Å². The normalized spacial score (nSPS) is 15.5. The first kappa shape index (κ1) is 8.44. The largest absolute Gasteiger partial charge is 0.385 e. The molecule has 0 aliphatic carbocycles. The number of amidine groups is 1. The van der Waals surface area contributed by atoms with Crippen molar-refractivity contribution in [1.29, 1.82) is 0 Å². The van der Waals surface area contributed by atoms with Crippen molar-refractivity contribution in [1.82, 2.24) is 0 Å². The number of hydrogen-bond acceptors (Lipinski definition) is 3. The molecule has 13 heavy (non-hydrogen) atoms. The second kappa shape index (κ2) is 3.30. The van der Waals surface area contributed by atoms with Gasteiger partial charge in [0.2, 0.25) is 0 Å². The third kappa shape index (κ3) is 1.78. The first-order valence-electron chi connectivity index (χ1n) is 3.90. The quantitative estimate of drug-likeness (QED) is 0.798. The maximum absolute atomic E-state index is 5.52. The Kier molecular flexibility index (Phi) is 2.14. The molecule has 0 saturated carbocycles. The van der Waals surface area contributed by atoms with Crippen LogP contribution in [0.2, 0.25) is 0 Å². The van der Waals surface area contributed by atoms with Crippen molar-refractivity contribution in [2.75, 3.05) is 0 Å². The highest BCUT2D eigenvalue weighted by Crippen LogP contribution is 2.14. The molecule has 0 aromatic heterocycles. The van der Waals surface area contributed by atoms with Gasteiger partial charge < -0.3 is 5.73 Å². The second-order valence-corrected chi connectivity index (χ2v) is 3.74. The zero-order valence-electron chi connectivity index (χ0n) is 6.87. The minimum atomic E-state index is 0.581. The lowest BCUT2D eigenvalue weighted by Gasteiger charge is -1.98. The average Bonchev–Trinajstić information content (AvgIpc) is 2.53. The minimum absolute atomic E-state index is 0.581. The van der Waals surface area contributed by atoms with Gasteiger partial charge >= 0.3 is 0 Å². The lowest BCUT2D eigenvalue weighted by molar-refractivity contribution is 1.26. The lowest BCUT2D eigenvalue weighted by atomic mass is 10.1. The minimum Gasteiger partial charge on any atom is -0.385 e. The molecule has 1 aromatic carbocycles. The standard InChI is InChI=1S/C9H8BrN3/c10-7-3-1-6(2-4-7)8-5-9(11)13-12-8/h1-4H,5H2,(H2,11,13). The predicted molar refractivity (Wildman–Crippen MR) is 56.9 cm³/mol. The maximum Gasteiger partial charge on any atom is 0.128 e. The molecule has 0 atom stereocenters. The van der Waals surface area contributed by atoms with Crippen molar-refractivity contribution in [3.05, 3.63) is 34.3 Å². The van der Waals surface area contributed by atoms with Crippen LogP contribution in [0.4, 0.5) is 0 Å². The van der Waals surface area contributed by atoms with Gasteiger partial charge in [0, 0.05) is 4.47 Å². The van der Waals surface area contributed by atoms with E-state index in [0.29, 0.717) is 12.3 Å². The summed E-state index contributed by atoms with van der Waals surface area (Å²) in [4.78, 5) is 0. The number of halogens is 1. The van der Waals surface area contributed by atoms with E-state index in [-0.39, 0.29) is 0 Å². The second-order valence-electron chi connectivity index (χ2n) is 2.82. The summed E-state index contributed by atoms with van der Waals surface area (Å²) < 4.78 is 1.06. The van der Waals surface area contributed by atoms with Gasteiger partial charge in [0.1, 0.15) is 5.84 Å². The van der Waals surface area contributed by atoms with Crippen LogP contribution in [0.1, 0.15) is 12.0 Å². The van der Waals surface area contributed by atoms with E-state index in [2.05, 4.69) is 26.1 Å². The molecule has 2 N–H and O–H groups in total. The Morgan fingerprint density at radius 3 is 2.38 bits per heavy atom. The molecule has 0 fully saturated rings. The summed E-state index contributed by atoms with van der Waals surface area (Å²) in [6, 6.07) is 7.95. The van der Waals surface area contributed by atoms with Crippen molar-refractivity contribution in [2.45, 2.75) is 6.42 Å². The van der Waals surface area contributed by atoms with E-state index in [9.17, 15) is 0 Å². The third-order valence-electron chi connectivity index (χ3n) is 1.83. The summed E-state index contributed by atoms with van der Waals surface area (Å²) in [5, 5.41) is 7.77. The highest BCUT2D eigenvalue weighted by molar-refractivity contribution is 9.10. The van der Waals surface area contributed by atoms with Crippen LogP contribution in [-0.4, -0.2) is 11.5 Å². The zero-order valence-corrected chi connectivity index (χ0v) is 8.45. The van der Waals surface area contributed by atoms with E-state index in [1.54, 1.807) is 0 Å². The van der Waals surface area contributed by atoms with E-state index in [1.165, 1.54) is 0 Å². The van der Waals surface area contributed by atoms with E-state index in [0.717, 1.165) is 15.7 Å². The molecule has 4 heteroatoms. The van der Waals surface area contributed by atoms with Crippen LogP contribution in [0.15, 0.2) is 38.9 Å². The highest BCUT2D eigenvalue weighted by Gasteiger charge is 2.10. The average molecular weight is 238 g/mol. The Labute approximate surface area is 84.5 Å². The van der Waals surface area contributed by atoms with Gasteiger partial charge in [-0.3, -0.25) is 0 Å². The molecule has 0 bridgehead atoms. The Morgan fingerprint density at radius 2 is 1.85 bits per heavy atom. The van der Waals surface area contributed by atoms with Crippen molar-refractivity contribution in [2.24, 2.45) is 15.9 Å². The topological polar surface area (TPSA) is 50.7 Å². The van der Waals surface area contributed by atoms with Gasteiger partial charge in [0.05, 0.1) is 12.1 Å². The Hall–Kier alpha value is -1.16. The molecule has 1 aliphatic rings. The summed E-state index contributed by atoms with van der Waals surface area (Å²) in [5.74, 6) is 0.581. The van der Waals surface area contributed by atoms with Gasteiger partial charge in [-0.15, -0.1) is 5.10 Å². The molecule has 0 spiro atoms. The molecule has 1 heterocycles. The van der Waals surface area contributed by atoms with Gasteiger partial charge in [0.25, 0.3) is 0 Å². The lowest BCUT2D eigenvalue weighted by Crippen LogP contribution is -2.12. The van der Waals surface area contributed by atoms with Crippen molar-refractivity contribution in [3.8, 4) is 0 Å². The Bertz CT molecular complexity index is 378. The molecule has 0 radical (unpaired) electrons. The summed E-state index contributed by atoms with van der Waals surface area (Å²) in [7, 11) is 0. The van der Waals surface area contributed by atoms with Crippen LogP contribution >= 0.6 is 15.9 Å². The molecule has 1 aliphatic heterocycles. The van der Waals surface area contributed by atoms with E-state index in [1.807, 2.05) is 24.3 Å². The smallest absolute Gasteiger partial charge is 0.128 e. The van der Waals surface area contributed by atoms with Crippen molar-refractivity contribution < 1.29 is 0 Å². The van der Waals surface area contributed by atoms with Crippen LogP contribution in [0.5, 0.6) is 0 Å². The van der Waals surface area contributed by atoms with Crippen LogP contribution < -0.4 is 5.73 Å². The third-order valence-corrected chi connectivity index (χ3v) is 2.35. The molecule has 2 rings (SSSR count). The highest BCUT2D eigenvalue weighted by atomic mass is 79.9. The first-order chi connectivity index (χ1) is 6.25. The summed E-state index contributed by atoms with van der Waals surface area (Å²) in [5.41, 5.74) is 7.53. The number of nitrogens with two attached hydrogens (primary N) is 1. The molecule has 0 unspecified atom stereocenters. The Balaban J connectivity index is 2.24. The van der Waals surface area contributed by atoms with Gasteiger partial charge in [-0.1, -0.05) is 28.1 Å². The van der Waals surface area contributed by atoms with Crippen LogP contribution in [0.3, 0.4) is 0 Å². The summed E-state index contributed by atoms with van der Waals surface area (Å²) in [6.07, 6.45) is 0.654. The number of hydrogen-bond donors (Lipinski definition) is 1. The van der Waals surface area contributed by atoms with Crippen molar-refractivity contribution in [3.63, 3.8) is 0 Å². The van der Waals surface area contributed by atoms with Crippen LogP contribution in [-0.2, 0) is 0 Å². The SMILES string of the molecule is NC1=NN=C(c2ccc(Br)cc2)C1. The molecule has 3 nitrogen and oxygen atoms in total. The molecular weight excluding hydrogens is 230 g/mol. The fraction of sp³-hybridized carbons (Fsp3) is 0.111. The molecule has 0 amide bonds. The predicted octanol–water partition coefficient (Wildman–Crippen LogP) is 1.91. The maximum atomic E-state index is 5.52. The molecule has 0 saturated heterocycles. The van der Waals surface area contributed by atoms with E-state index >= 15 is 0 Å². The van der Waals surface area contributed by atoms with Crippen molar-refractivity contribution >= 4 is 27.5 Å². The summed E-state index contributed by atoms with van der Waals surface area (Å²) >= 11 is 3.37. The van der Waals surface area contributed by atoms with Gasteiger partial charge in [-0.2, -0.15) is 5.10 Å². The summed E-state index contributed by atoms with van der Waals surface area (Å²) in [6.45, 7) is 0. The fourth-order valence-corrected chi connectivity index (χ4v) is 1.43. The zero-order chi connectivity index (χ0) is 9.26. The van der Waals surface area contributed by atoms with E-state index in [4.69, 9.17) is 5.73 Å².